The average molecular weight is 253 g/mol. The van der Waals surface area contributed by atoms with Gasteiger partial charge in [0.15, 0.2) is 0 Å². The van der Waals surface area contributed by atoms with Crippen molar-refractivity contribution in [2.24, 2.45) is 0 Å². The summed E-state index contributed by atoms with van der Waals surface area (Å²) in [7, 11) is 0. The van der Waals surface area contributed by atoms with Gasteiger partial charge in [-0.2, -0.15) is 0 Å². The van der Waals surface area contributed by atoms with Gasteiger partial charge in [0.05, 0.1) is 6.04 Å². The monoisotopic (exact) mass is 253 g/mol. The van der Waals surface area contributed by atoms with Crippen LogP contribution in [-0.2, 0) is 4.79 Å². The maximum absolute atomic E-state index is 12.0. The minimum absolute atomic E-state index is 0.0453. The van der Waals surface area contributed by atoms with E-state index < -0.39 is 0 Å². The molecule has 0 bridgehead atoms. The molecule has 0 spiro atoms. The van der Waals surface area contributed by atoms with Crippen LogP contribution >= 0.6 is 0 Å². The highest BCUT2D eigenvalue weighted by atomic mass is 16.2. The second-order valence-corrected chi connectivity index (χ2v) is 5.55. The van der Waals surface area contributed by atoms with E-state index in [1.807, 2.05) is 0 Å². The van der Waals surface area contributed by atoms with Gasteiger partial charge in [0.1, 0.15) is 0 Å². The molecule has 4 heteroatoms. The Morgan fingerprint density at radius 2 is 1.89 bits per heavy atom. The summed E-state index contributed by atoms with van der Waals surface area (Å²) in [6.07, 6.45) is 8.59. The normalized spacial score (nSPS) is 26.6. The van der Waals surface area contributed by atoms with Crippen LogP contribution in [0.5, 0.6) is 0 Å². The molecule has 104 valence electrons. The standard InChI is InChI=1S/C14H27N3O/c18-14(13-7-3-1-2-4-8-15-13)16-9-12-17-10-5-6-11-17/h13,15H,1-12H2,(H,16,18). The molecule has 2 saturated heterocycles. The maximum Gasteiger partial charge on any atom is 0.237 e. The average Bonchev–Trinajstić information content (AvgIpc) is 2.81. The van der Waals surface area contributed by atoms with Gasteiger partial charge in [-0.1, -0.05) is 19.3 Å². The third-order valence-corrected chi connectivity index (χ3v) is 4.05. The molecule has 2 aliphatic rings. The van der Waals surface area contributed by atoms with E-state index in [2.05, 4.69) is 15.5 Å². The molecule has 0 saturated carbocycles. The Hall–Kier alpha value is -0.610. The molecule has 2 heterocycles. The zero-order valence-electron chi connectivity index (χ0n) is 11.4. The smallest absolute Gasteiger partial charge is 0.237 e. The van der Waals surface area contributed by atoms with Gasteiger partial charge in [-0.25, -0.2) is 0 Å². The van der Waals surface area contributed by atoms with E-state index in [-0.39, 0.29) is 11.9 Å². The predicted octanol–water partition coefficient (Wildman–Crippen LogP) is 1.12. The number of carbonyl (C=O) groups is 1. The largest absolute Gasteiger partial charge is 0.353 e. The lowest BCUT2D eigenvalue weighted by Crippen LogP contribution is -2.46. The summed E-state index contributed by atoms with van der Waals surface area (Å²) < 4.78 is 0. The number of hydrogen-bond donors (Lipinski definition) is 2. The van der Waals surface area contributed by atoms with Gasteiger partial charge in [0.25, 0.3) is 0 Å². The van der Waals surface area contributed by atoms with Crippen molar-refractivity contribution in [1.82, 2.24) is 15.5 Å². The van der Waals surface area contributed by atoms with Crippen LogP contribution in [0.25, 0.3) is 0 Å². The first kappa shape index (κ1) is 13.8. The van der Waals surface area contributed by atoms with Crippen LogP contribution in [0.4, 0.5) is 0 Å². The van der Waals surface area contributed by atoms with Crippen molar-refractivity contribution in [3.8, 4) is 0 Å². The Labute approximate surface area is 110 Å². The predicted molar refractivity (Wildman–Crippen MR) is 73.6 cm³/mol. The van der Waals surface area contributed by atoms with Gasteiger partial charge >= 0.3 is 0 Å². The topological polar surface area (TPSA) is 44.4 Å². The maximum atomic E-state index is 12.0. The van der Waals surface area contributed by atoms with E-state index in [1.165, 1.54) is 51.6 Å². The Balaban J connectivity index is 1.62. The highest BCUT2D eigenvalue weighted by Gasteiger charge is 2.18. The number of carbonyl (C=O) groups excluding carboxylic acids is 1. The molecule has 18 heavy (non-hydrogen) atoms. The van der Waals surface area contributed by atoms with E-state index in [9.17, 15) is 4.79 Å². The fraction of sp³-hybridized carbons (Fsp3) is 0.929. The van der Waals surface area contributed by atoms with Crippen molar-refractivity contribution in [2.75, 3.05) is 32.7 Å². The van der Waals surface area contributed by atoms with Gasteiger partial charge in [-0.05, 0) is 45.3 Å². The van der Waals surface area contributed by atoms with Crippen LogP contribution in [0.15, 0.2) is 0 Å². The fourth-order valence-electron chi connectivity index (χ4n) is 2.90. The van der Waals surface area contributed by atoms with Gasteiger partial charge in [0, 0.05) is 13.1 Å². The Kier molecular flexibility index (Phi) is 5.94. The molecular formula is C14H27N3O. The lowest BCUT2D eigenvalue weighted by molar-refractivity contribution is -0.123. The Morgan fingerprint density at radius 3 is 2.72 bits per heavy atom. The van der Waals surface area contributed by atoms with Crippen LogP contribution in [0, 0.1) is 0 Å². The first-order chi connectivity index (χ1) is 8.86. The minimum atomic E-state index is 0.0453. The van der Waals surface area contributed by atoms with E-state index in [0.717, 1.165) is 26.1 Å². The summed E-state index contributed by atoms with van der Waals surface area (Å²) in [6.45, 7) is 5.22. The molecule has 0 radical (unpaired) electrons. The molecule has 0 aromatic rings. The number of rotatable bonds is 4. The minimum Gasteiger partial charge on any atom is -0.353 e. The Bertz CT molecular complexity index is 243. The third kappa shape index (κ3) is 4.58. The van der Waals surface area contributed by atoms with E-state index >= 15 is 0 Å². The summed E-state index contributed by atoms with van der Waals surface area (Å²) in [6, 6.07) is 0.0453. The molecule has 1 unspecified atom stereocenters. The fourth-order valence-corrected chi connectivity index (χ4v) is 2.90. The molecule has 0 aromatic carbocycles. The van der Waals surface area contributed by atoms with Gasteiger partial charge in [-0.3, -0.25) is 4.79 Å². The second kappa shape index (κ2) is 7.74. The molecule has 4 nitrogen and oxygen atoms in total. The molecule has 2 aliphatic heterocycles. The van der Waals surface area contributed by atoms with Crippen molar-refractivity contribution in [2.45, 2.75) is 51.0 Å². The number of likely N-dealkylation sites (tertiary alicyclic amines) is 1. The molecule has 1 amide bonds. The highest BCUT2D eigenvalue weighted by molar-refractivity contribution is 5.81. The second-order valence-electron chi connectivity index (χ2n) is 5.55. The molecule has 0 aromatic heterocycles. The number of nitrogens with zero attached hydrogens (tertiary/aromatic N) is 1. The summed E-state index contributed by atoms with van der Waals surface area (Å²) in [5.41, 5.74) is 0. The molecule has 2 rings (SSSR count). The molecule has 2 fully saturated rings. The Morgan fingerprint density at radius 1 is 1.11 bits per heavy atom. The van der Waals surface area contributed by atoms with Crippen LogP contribution < -0.4 is 10.6 Å². The van der Waals surface area contributed by atoms with Crippen LogP contribution in [0.1, 0.15) is 44.9 Å². The molecule has 0 aliphatic carbocycles. The zero-order valence-corrected chi connectivity index (χ0v) is 11.4. The van der Waals surface area contributed by atoms with Crippen molar-refractivity contribution in [1.29, 1.82) is 0 Å². The van der Waals surface area contributed by atoms with Crippen LogP contribution in [0.2, 0.25) is 0 Å². The number of nitrogens with one attached hydrogen (secondary N) is 2. The van der Waals surface area contributed by atoms with E-state index in [0.29, 0.717) is 0 Å². The van der Waals surface area contributed by atoms with Crippen molar-refractivity contribution < 1.29 is 4.79 Å². The highest BCUT2D eigenvalue weighted by Crippen LogP contribution is 2.09. The van der Waals surface area contributed by atoms with E-state index in [4.69, 9.17) is 0 Å². The SMILES string of the molecule is O=C(NCCN1CCCC1)C1CCCCCCN1. The quantitative estimate of drug-likeness (QED) is 0.789. The van der Waals surface area contributed by atoms with Gasteiger partial charge in [0.2, 0.25) is 5.91 Å². The van der Waals surface area contributed by atoms with Gasteiger partial charge < -0.3 is 15.5 Å². The first-order valence-electron chi connectivity index (χ1n) is 7.60. The van der Waals surface area contributed by atoms with E-state index in [1.54, 1.807) is 0 Å². The molecular weight excluding hydrogens is 226 g/mol. The summed E-state index contributed by atoms with van der Waals surface area (Å²) in [5.74, 6) is 0.205. The summed E-state index contributed by atoms with van der Waals surface area (Å²) in [5, 5.41) is 6.46. The van der Waals surface area contributed by atoms with Crippen LogP contribution in [0.3, 0.4) is 0 Å². The zero-order chi connectivity index (χ0) is 12.6. The number of hydrogen-bond acceptors (Lipinski definition) is 3. The van der Waals surface area contributed by atoms with Crippen molar-refractivity contribution in [3.05, 3.63) is 0 Å². The number of amides is 1. The molecule has 1 atom stereocenters. The summed E-state index contributed by atoms with van der Waals surface area (Å²) in [4.78, 5) is 14.5. The third-order valence-electron chi connectivity index (χ3n) is 4.05. The van der Waals surface area contributed by atoms with Crippen molar-refractivity contribution in [3.63, 3.8) is 0 Å². The molecule has 2 N–H and O–H groups in total. The lowest BCUT2D eigenvalue weighted by Gasteiger charge is -2.21. The first-order valence-corrected chi connectivity index (χ1v) is 7.60. The van der Waals surface area contributed by atoms with Crippen LogP contribution in [-0.4, -0.2) is 49.6 Å². The van der Waals surface area contributed by atoms with Gasteiger partial charge in [-0.15, -0.1) is 0 Å². The summed E-state index contributed by atoms with van der Waals surface area (Å²) >= 11 is 0. The lowest BCUT2D eigenvalue weighted by atomic mass is 10.0. The van der Waals surface area contributed by atoms with Crippen molar-refractivity contribution >= 4 is 5.91 Å².